The van der Waals surface area contributed by atoms with Gasteiger partial charge in [0.1, 0.15) is 23.1 Å². The lowest BCUT2D eigenvalue weighted by molar-refractivity contribution is 1.31. The molecule has 0 atom stereocenters. The normalized spacial score (nSPS) is 9.42. The Kier molecular flexibility index (Phi) is 3.51. The third-order valence-corrected chi connectivity index (χ3v) is 2.54. The molecule has 3 N–H and O–H groups in total. The highest BCUT2D eigenvalue weighted by atomic mass is 35.5. The molecule has 0 aliphatic rings. The van der Waals surface area contributed by atoms with Crippen LogP contribution in [0.25, 0.3) is 0 Å². The van der Waals surface area contributed by atoms with Gasteiger partial charge in [-0.05, 0) is 24.3 Å². The zero-order valence-corrected chi connectivity index (χ0v) is 10.4. The largest absolute Gasteiger partial charge is 0.399 e. The highest BCUT2D eigenvalue weighted by molar-refractivity contribution is 6.29. The van der Waals surface area contributed by atoms with Crippen LogP contribution in [0.1, 0.15) is 11.1 Å². The predicted molar refractivity (Wildman–Crippen MR) is 72.8 cm³/mol. The maximum absolute atomic E-state index is 8.94. The van der Waals surface area contributed by atoms with E-state index in [-0.39, 0.29) is 5.15 Å². The number of nitriles is 2. The summed E-state index contributed by atoms with van der Waals surface area (Å²) in [5, 5.41) is 21.0. The van der Waals surface area contributed by atoms with E-state index in [1.165, 1.54) is 6.07 Å². The van der Waals surface area contributed by atoms with Gasteiger partial charge < -0.3 is 11.1 Å². The summed E-state index contributed by atoms with van der Waals surface area (Å²) in [4.78, 5) is 4.05. The number of hydrogen-bond donors (Lipinski definition) is 2. The van der Waals surface area contributed by atoms with Crippen molar-refractivity contribution in [3.8, 4) is 12.1 Å². The molecule has 5 nitrogen and oxygen atoms in total. The summed E-state index contributed by atoms with van der Waals surface area (Å²) >= 11 is 5.80. The number of benzene rings is 1. The number of nitrogens with one attached hydrogen (secondary N) is 1. The second-order valence-electron chi connectivity index (χ2n) is 3.72. The average Bonchev–Trinajstić information content (AvgIpc) is 2.37. The quantitative estimate of drug-likeness (QED) is 0.817. The van der Waals surface area contributed by atoms with Gasteiger partial charge in [-0.1, -0.05) is 11.6 Å². The van der Waals surface area contributed by atoms with Crippen molar-refractivity contribution in [1.29, 1.82) is 10.5 Å². The Balaban J connectivity index is 2.34. The molecule has 0 aliphatic carbocycles. The minimum Gasteiger partial charge on any atom is -0.399 e. The van der Waals surface area contributed by atoms with Gasteiger partial charge in [0.15, 0.2) is 0 Å². The number of halogens is 1. The van der Waals surface area contributed by atoms with E-state index in [1.807, 2.05) is 12.1 Å². The smallest absolute Gasteiger partial charge is 0.134 e. The van der Waals surface area contributed by atoms with Crippen molar-refractivity contribution in [1.82, 2.24) is 4.98 Å². The molecule has 0 bridgehead atoms. The van der Waals surface area contributed by atoms with Crippen LogP contribution in [0.3, 0.4) is 0 Å². The van der Waals surface area contributed by atoms with Gasteiger partial charge in [0.2, 0.25) is 0 Å². The Morgan fingerprint density at radius 1 is 1.11 bits per heavy atom. The SMILES string of the molecule is N#Cc1ccc(Nc2cc(N)cc(Cl)n2)cc1C#N. The average molecular weight is 270 g/mol. The summed E-state index contributed by atoms with van der Waals surface area (Å²) in [7, 11) is 0. The first-order chi connectivity index (χ1) is 9.12. The van der Waals surface area contributed by atoms with Crippen LogP contribution in [0.15, 0.2) is 30.3 Å². The van der Waals surface area contributed by atoms with Gasteiger partial charge in [-0.2, -0.15) is 10.5 Å². The lowest BCUT2D eigenvalue weighted by Gasteiger charge is -2.07. The lowest BCUT2D eigenvalue weighted by atomic mass is 10.1. The third kappa shape index (κ3) is 2.92. The van der Waals surface area contributed by atoms with Crippen molar-refractivity contribution < 1.29 is 0 Å². The fourth-order valence-corrected chi connectivity index (χ4v) is 1.76. The molecular formula is C13H8ClN5. The van der Waals surface area contributed by atoms with E-state index in [0.29, 0.717) is 28.3 Å². The molecule has 2 rings (SSSR count). The highest BCUT2D eigenvalue weighted by Gasteiger charge is 2.04. The first-order valence-corrected chi connectivity index (χ1v) is 5.64. The van der Waals surface area contributed by atoms with Crippen LogP contribution in [-0.4, -0.2) is 4.98 Å². The molecule has 0 radical (unpaired) electrons. The predicted octanol–water partition coefficient (Wildman–Crippen LogP) is 2.80. The third-order valence-electron chi connectivity index (χ3n) is 2.35. The monoisotopic (exact) mass is 269 g/mol. The minimum atomic E-state index is 0.275. The Hall–Kier alpha value is -2.76. The molecule has 19 heavy (non-hydrogen) atoms. The van der Waals surface area contributed by atoms with Gasteiger partial charge in [0, 0.05) is 17.4 Å². The molecule has 0 saturated carbocycles. The molecule has 0 saturated heterocycles. The zero-order chi connectivity index (χ0) is 13.8. The van der Waals surface area contributed by atoms with E-state index in [1.54, 1.807) is 24.3 Å². The first kappa shape index (κ1) is 12.7. The summed E-state index contributed by atoms with van der Waals surface area (Å²) in [6.45, 7) is 0. The zero-order valence-electron chi connectivity index (χ0n) is 9.68. The fraction of sp³-hybridized carbons (Fsp3) is 0. The van der Waals surface area contributed by atoms with Gasteiger partial charge in [-0.3, -0.25) is 0 Å². The highest BCUT2D eigenvalue weighted by Crippen LogP contribution is 2.21. The Bertz CT molecular complexity index is 692. The second kappa shape index (κ2) is 5.26. The van der Waals surface area contributed by atoms with E-state index in [9.17, 15) is 0 Å². The number of nitrogen functional groups attached to an aromatic ring is 1. The molecular weight excluding hydrogens is 262 g/mol. The molecule has 92 valence electrons. The number of nitrogens with zero attached hydrogens (tertiary/aromatic N) is 3. The molecule has 0 amide bonds. The molecule has 0 aliphatic heterocycles. The van der Waals surface area contributed by atoms with Gasteiger partial charge in [-0.25, -0.2) is 4.98 Å². The molecule has 0 fully saturated rings. The molecule has 6 heteroatoms. The Morgan fingerprint density at radius 2 is 1.84 bits per heavy atom. The van der Waals surface area contributed by atoms with Crippen LogP contribution < -0.4 is 11.1 Å². The van der Waals surface area contributed by atoms with Crippen LogP contribution in [0.5, 0.6) is 0 Å². The van der Waals surface area contributed by atoms with E-state index in [0.717, 1.165) is 0 Å². The van der Waals surface area contributed by atoms with Crippen LogP contribution in [0.4, 0.5) is 17.2 Å². The molecule has 1 aromatic carbocycles. The number of rotatable bonds is 2. The summed E-state index contributed by atoms with van der Waals surface area (Å²) in [5.41, 5.74) is 7.39. The lowest BCUT2D eigenvalue weighted by Crippen LogP contribution is -1.97. The summed E-state index contributed by atoms with van der Waals surface area (Å²) in [6, 6.07) is 11.9. The summed E-state index contributed by atoms with van der Waals surface area (Å²) < 4.78 is 0. The summed E-state index contributed by atoms with van der Waals surface area (Å²) in [6.07, 6.45) is 0. The molecule has 0 spiro atoms. The van der Waals surface area contributed by atoms with Crippen molar-refractivity contribution in [3.63, 3.8) is 0 Å². The number of anilines is 3. The fourth-order valence-electron chi connectivity index (χ4n) is 1.54. The van der Waals surface area contributed by atoms with Crippen LogP contribution >= 0.6 is 11.6 Å². The topological polar surface area (TPSA) is 98.5 Å². The number of nitrogens with two attached hydrogens (primary N) is 1. The van der Waals surface area contributed by atoms with Crippen molar-refractivity contribution in [2.24, 2.45) is 0 Å². The minimum absolute atomic E-state index is 0.275. The maximum atomic E-state index is 8.94. The van der Waals surface area contributed by atoms with Gasteiger partial charge >= 0.3 is 0 Å². The Morgan fingerprint density at radius 3 is 2.47 bits per heavy atom. The standard InChI is InChI=1S/C13H8ClN5/c14-12-4-10(17)5-13(19-12)18-11-2-1-8(6-15)9(3-11)7-16/h1-5H,(H3,17,18,19). The van der Waals surface area contributed by atoms with Crippen LogP contribution in [0.2, 0.25) is 5.15 Å². The van der Waals surface area contributed by atoms with Crippen LogP contribution in [0, 0.1) is 22.7 Å². The van der Waals surface area contributed by atoms with Crippen molar-refractivity contribution >= 4 is 28.8 Å². The van der Waals surface area contributed by atoms with E-state index >= 15 is 0 Å². The molecule has 1 aromatic heterocycles. The van der Waals surface area contributed by atoms with E-state index in [4.69, 9.17) is 27.9 Å². The van der Waals surface area contributed by atoms with Crippen LogP contribution in [-0.2, 0) is 0 Å². The number of aromatic nitrogens is 1. The molecule has 2 aromatic rings. The maximum Gasteiger partial charge on any atom is 0.134 e. The van der Waals surface area contributed by atoms with Gasteiger partial charge in [-0.15, -0.1) is 0 Å². The van der Waals surface area contributed by atoms with Crippen molar-refractivity contribution in [2.75, 3.05) is 11.1 Å². The van der Waals surface area contributed by atoms with Gasteiger partial charge in [0.25, 0.3) is 0 Å². The summed E-state index contributed by atoms with van der Waals surface area (Å²) in [5.74, 6) is 0.471. The van der Waals surface area contributed by atoms with Gasteiger partial charge in [0.05, 0.1) is 11.1 Å². The van der Waals surface area contributed by atoms with E-state index in [2.05, 4.69) is 10.3 Å². The first-order valence-electron chi connectivity index (χ1n) is 5.26. The molecule has 0 unspecified atom stereocenters. The number of hydrogen-bond acceptors (Lipinski definition) is 5. The van der Waals surface area contributed by atoms with Crippen molar-refractivity contribution in [3.05, 3.63) is 46.6 Å². The molecule has 1 heterocycles. The number of pyridine rings is 1. The Labute approximate surface area is 114 Å². The van der Waals surface area contributed by atoms with E-state index < -0.39 is 0 Å². The van der Waals surface area contributed by atoms with Crippen molar-refractivity contribution in [2.45, 2.75) is 0 Å². The second-order valence-corrected chi connectivity index (χ2v) is 4.10.